The molecule has 31 heavy (non-hydrogen) atoms. The molecule has 7 nitrogen and oxygen atoms in total. The van der Waals surface area contributed by atoms with Gasteiger partial charge in [-0.15, -0.1) is 0 Å². The third-order valence-electron chi connectivity index (χ3n) is 5.45. The van der Waals surface area contributed by atoms with Gasteiger partial charge in [-0.25, -0.2) is 0 Å². The number of pyridine rings is 1. The van der Waals surface area contributed by atoms with Crippen molar-refractivity contribution < 1.29 is 19.3 Å². The number of hydrogen-bond acceptors (Lipinski definition) is 7. The van der Waals surface area contributed by atoms with Crippen LogP contribution in [0.15, 0.2) is 42.6 Å². The predicted octanol–water partition coefficient (Wildman–Crippen LogP) is 3.51. The summed E-state index contributed by atoms with van der Waals surface area (Å²) in [5, 5.41) is 10.7. The minimum atomic E-state index is -0.121. The van der Waals surface area contributed by atoms with Gasteiger partial charge in [-0.1, -0.05) is 0 Å². The highest BCUT2D eigenvalue weighted by Crippen LogP contribution is 2.34. The van der Waals surface area contributed by atoms with Crippen LogP contribution in [-0.4, -0.2) is 54.4 Å². The van der Waals surface area contributed by atoms with Crippen molar-refractivity contribution in [2.75, 3.05) is 45.2 Å². The topological polar surface area (TPSA) is 90.1 Å². The number of anilines is 1. The smallest absolute Gasteiger partial charge is 0.138 e. The fourth-order valence-electron chi connectivity index (χ4n) is 3.74. The summed E-state index contributed by atoms with van der Waals surface area (Å²) < 4.78 is 17.5. The molecule has 1 aliphatic rings. The van der Waals surface area contributed by atoms with Crippen molar-refractivity contribution in [1.29, 1.82) is 0 Å². The Kier molecular flexibility index (Phi) is 6.86. The fourth-order valence-corrected chi connectivity index (χ4v) is 3.74. The van der Waals surface area contributed by atoms with E-state index in [0.29, 0.717) is 29.4 Å². The molecule has 3 N–H and O–H groups in total. The van der Waals surface area contributed by atoms with E-state index in [-0.39, 0.29) is 6.61 Å². The van der Waals surface area contributed by atoms with Crippen LogP contribution < -0.4 is 15.2 Å². The summed E-state index contributed by atoms with van der Waals surface area (Å²) in [5.41, 5.74) is 8.96. The van der Waals surface area contributed by atoms with Crippen LogP contribution in [0.5, 0.6) is 17.2 Å². The Morgan fingerprint density at radius 3 is 2.71 bits per heavy atom. The standard InChI is InChI=1S/C24H29N3O4/c1-17-13-19(25)3-4-22(17)31-23-5-6-26-21-15-24(18(16-28)14-20(21)23)30-10-2-7-27-8-11-29-12-9-27/h3-6,13-15,28H,2,7-12,16,25H2,1H3. The first kappa shape index (κ1) is 21.4. The lowest BCUT2D eigenvalue weighted by Crippen LogP contribution is -2.37. The Morgan fingerprint density at radius 2 is 1.94 bits per heavy atom. The van der Waals surface area contributed by atoms with Gasteiger partial charge in [0.25, 0.3) is 0 Å². The Morgan fingerprint density at radius 1 is 1.10 bits per heavy atom. The number of aryl methyl sites for hydroxylation is 1. The van der Waals surface area contributed by atoms with Gasteiger partial charge in [0.2, 0.25) is 0 Å². The molecule has 7 heteroatoms. The minimum Gasteiger partial charge on any atom is -0.493 e. The van der Waals surface area contributed by atoms with E-state index in [0.717, 1.165) is 61.5 Å². The molecular formula is C24H29N3O4. The molecule has 1 saturated heterocycles. The number of aliphatic hydroxyl groups excluding tert-OH is 1. The van der Waals surface area contributed by atoms with E-state index in [9.17, 15) is 5.11 Å². The molecule has 2 aromatic carbocycles. The van der Waals surface area contributed by atoms with Gasteiger partial charge in [0.1, 0.15) is 17.2 Å². The summed E-state index contributed by atoms with van der Waals surface area (Å²) >= 11 is 0. The SMILES string of the molecule is Cc1cc(N)ccc1Oc1ccnc2cc(OCCCN3CCOCC3)c(CO)cc12. The summed E-state index contributed by atoms with van der Waals surface area (Å²) in [7, 11) is 0. The monoisotopic (exact) mass is 423 g/mol. The number of morpholine rings is 1. The highest BCUT2D eigenvalue weighted by atomic mass is 16.5. The second-order valence-electron chi connectivity index (χ2n) is 7.73. The zero-order valence-corrected chi connectivity index (χ0v) is 17.8. The summed E-state index contributed by atoms with van der Waals surface area (Å²) in [6, 6.07) is 11.1. The third kappa shape index (κ3) is 5.25. The number of benzene rings is 2. The number of fused-ring (bicyclic) bond motifs is 1. The van der Waals surface area contributed by atoms with E-state index in [1.54, 1.807) is 6.20 Å². The quantitative estimate of drug-likeness (QED) is 0.423. The van der Waals surface area contributed by atoms with Crippen LogP contribution in [0.1, 0.15) is 17.5 Å². The molecule has 0 saturated carbocycles. The van der Waals surface area contributed by atoms with Gasteiger partial charge in [0.05, 0.1) is 31.9 Å². The zero-order valence-electron chi connectivity index (χ0n) is 17.8. The number of aromatic nitrogens is 1. The van der Waals surface area contributed by atoms with E-state index < -0.39 is 0 Å². The Hall–Kier alpha value is -2.87. The molecule has 0 atom stereocenters. The third-order valence-corrected chi connectivity index (χ3v) is 5.45. The molecule has 2 heterocycles. The van der Waals surface area contributed by atoms with Gasteiger partial charge in [0, 0.05) is 48.5 Å². The van der Waals surface area contributed by atoms with Gasteiger partial charge in [0.15, 0.2) is 0 Å². The summed E-state index contributed by atoms with van der Waals surface area (Å²) in [6.45, 7) is 6.93. The maximum atomic E-state index is 9.92. The van der Waals surface area contributed by atoms with Crippen molar-refractivity contribution in [2.24, 2.45) is 0 Å². The van der Waals surface area contributed by atoms with Crippen LogP contribution >= 0.6 is 0 Å². The van der Waals surface area contributed by atoms with Crippen LogP contribution in [-0.2, 0) is 11.3 Å². The number of nitrogens with zero attached hydrogens (tertiary/aromatic N) is 2. The second-order valence-corrected chi connectivity index (χ2v) is 7.73. The van der Waals surface area contributed by atoms with Gasteiger partial charge < -0.3 is 25.1 Å². The lowest BCUT2D eigenvalue weighted by Gasteiger charge is -2.26. The summed E-state index contributed by atoms with van der Waals surface area (Å²) in [5.74, 6) is 2.06. The number of nitrogens with two attached hydrogens (primary N) is 1. The molecule has 4 rings (SSSR count). The summed E-state index contributed by atoms with van der Waals surface area (Å²) in [6.07, 6.45) is 2.63. The van der Waals surface area contributed by atoms with Crippen molar-refractivity contribution in [2.45, 2.75) is 20.0 Å². The van der Waals surface area contributed by atoms with Crippen molar-refractivity contribution in [1.82, 2.24) is 9.88 Å². The largest absolute Gasteiger partial charge is 0.493 e. The molecule has 0 unspecified atom stereocenters. The van der Waals surface area contributed by atoms with Gasteiger partial charge in [-0.05, 0) is 49.2 Å². The summed E-state index contributed by atoms with van der Waals surface area (Å²) in [4.78, 5) is 6.85. The first-order valence-corrected chi connectivity index (χ1v) is 10.6. The average Bonchev–Trinajstić information content (AvgIpc) is 2.79. The Bertz CT molecular complexity index is 1030. The van der Waals surface area contributed by atoms with Crippen molar-refractivity contribution in [3.63, 3.8) is 0 Å². The van der Waals surface area contributed by atoms with Crippen molar-refractivity contribution in [3.05, 3.63) is 53.7 Å². The molecule has 0 radical (unpaired) electrons. The van der Waals surface area contributed by atoms with E-state index in [2.05, 4.69) is 9.88 Å². The molecular weight excluding hydrogens is 394 g/mol. The molecule has 0 bridgehead atoms. The lowest BCUT2D eigenvalue weighted by molar-refractivity contribution is 0.0357. The first-order chi connectivity index (χ1) is 15.1. The van der Waals surface area contributed by atoms with Crippen LogP contribution in [0.3, 0.4) is 0 Å². The van der Waals surface area contributed by atoms with Crippen LogP contribution in [0.2, 0.25) is 0 Å². The molecule has 1 fully saturated rings. The van der Waals surface area contributed by atoms with Crippen LogP contribution in [0.4, 0.5) is 5.69 Å². The zero-order chi connectivity index (χ0) is 21.6. The van der Waals surface area contributed by atoms with Crippen molar-refractivity contribution >= 4 is 16.6 Å². The lowest BCUT2D eigenvalue weighted by atomic mass is 10.1. The van der Waals surface area contributed by atoms with Gasteiger partial charge in [-0.2, -0.15) is 0 Å². The average molecular weight is 424 g/mol. The number of ether oxygens (including phenoxy) is 3. The Labute approximate surface area is 182 Å². The number of nitrogen functional groups attached to an aromatic ring is 1. The van der Waals surface area contributed by atoms with Crippen LogP contribution in [0.25, 0.3) is 10.9 Å². The van der Waals surface area contributed by atoms with E-state index in [4.69, 9.17) is 19.9 Å². The fraction of sp³-hybridized carbons (Fsp3) is 0.375. The van der Waals surface area contributed by atoms with E-state index in [1.165, 1.54) is 0 Å². The number of aliphatic hydroxyl groups is 1. The Balaban J connectivity index is 1.49. The molecule has 0 spiro atoms. The maximum absolute atomic E-state index is 9.92. The molecule has 3 aromatic rings. The highest BCUT2D eigenvalue weighted by Gasteiger charge is 2.13. The van der Waals surface area contributed by atoms with E-state index >= 15 is 0 Å². The molecule has 0 amide bonds. The molecule has 164 valence electrons. The van der Waals surface area contributed by atoms with Gasteiger partial charge >= 0.3 is 0 Å². The van der Waals surface area contributed by atoms with Crippen LogP contribution in [0, 0.1) is 6.92 Å². The predicted molar refractivity (Wildman–Crippen MR) is 121 cm³/mol. The first-order valence-electron chi connectivity index (χ1n) is 10.6. The minimum absolute atomic E-state index is 0.121. The van der Waals surface area contributed by atoms with Crippen molar-refractivity contribution in [3.8, 4) is 17.2 Å². The molecule has 1 aliphatic heterocycles. The normalized spacial score (nSPS) is 14.6. The van der Waals surface area contributed by atoms with Gasteiger partial charge in [-0.3, -0.25) is 9.88 Å². The van der Waals surface area contributed by atoms with E-state index in [1.807, 2.05) is 43.3 Å². The maximum Gasteiger partial charge on any atom is 0.138 e. The molecule has 1 aromatic heterocycles. The molecule has 0 aliphatic carbocycles. The number of hydrogen-bond donors (Lipinski definition) is 2. The number of rotatable bonds is 8. The highest BCUT2D eigenvalue weighted by molar-refractivity contribution is 5.87. The second kappa shape index (κ2) is 9.96.